The van der Waals surface area contributed by atoms with Crippen LogP contribution in [0.1, 0.15) is 31.0 Å². The van der Waals surface area contributed by atoms with Crippen molar-refractivity contribution in [3.63, 3.8) is 0 Å². The van der Waals surface area contributed by atoms with Gasteiger partial charge in [-0.2, -0.15) is 0 Å². The summed E-state index contributed by atoms with van der Waals surface area (Å²) in [6, 6.07) is 4.64. The summed E-state index contributed by atoms with van der Waals surface area (Å²) >= 11 is 0. The van der Waals surface area contributed by atoms with Crippen LogP contribution in [0.15, 0.2) is 18.2 Å². The Morgan fingerprint density at radius 1 is 1.50 bits per heavy atom. The van der Waals surface area contributed by atoms with Gasteiger partial charge in [0.05, 0.1) is 12.6 Å². The Labute approximate surface area is 140 Å². The van der Waals surface area contributed by atoms with E-state index in [1.54, 1.807) is 6.92 Å². The number of nitrogens with zero attached hydrogens (tertiary/aromatic N) is 1. The van der Waals surface area contributed by atoms with Gasteiger partial charge in [0.25, 0.3) is 0 Å². The van der Waals surface area contributed by atoms with Crippen LogP contribution < -0.4 is 10.1 Å². The van der Waals surface area contributed by atoms with Crippen LogP contribution in [0.2, 0.25) is 0 Å². The lowest BCUT2D eigenvalue weighted by molar-refractivity contribution is -0.174. The molecule has 2 aliphatic rings. The second-order valence-electron chi connectivity index (χ2n) is 6.29. The zero-order valence-corrected chi connectivity index (χ0v) is 14.0. The maximum atomic E-state index is 12.6. The van der Waals surface area contributed by atoms with Crippen molar-refractivity contribution in [1.29, 1.82) is 0 Å². The van der Waals surface area contributed by atoms with E-state index in [4.69, 9.17) is 9.47 Å². The van der Waals surface area contributed by atoms with Crippen LogP contribution in [0.5, 0.6) is 5.75 Å². The highest BCUT2D eigenvalue weighted by Gasteiger charge is 2.59. The number of benzene rings is 1. The van der Waals surface area contributed by atoms with Crippen LogP contribution in [0.3, 0.4) is 0 Å². The number of rotatable bonds is 5. The zero-order valence-electron chi connectivity index (χ0n) is 14.0. The van der Waals surface area contributed by atoms with Crippen molar-refractivity contribution < 1.29 is 24.2 Å². The van der Waals surface area contributed by atoms with Crippen molar-refractivity contribution in [3.05, 3.63) is 29.3 Å². The topological polar surface area (TPSA) is 88.1 Å². The molecule has 1 fully saturated rings. The number of aryl methyl sites for hydroxylation is 1. The Morgan fingerprint density at radius 2 is 2.25 bits per heavy atom. The van der Waals surface area contributed by atoms with Gasteiger partial charge in [-0.05, 0) is 26.8 Å². The summed E-state index contributed by atoms with van der Waals surface area (Å²) < 4.78 is 11.4. The molecule has 0 spiro atoms. The second-order valence-corrected chi connectivity index (χ2v) is 6.29. The molecule has 2 N–H and O–H groups in total. The third-order valence-corrected chi connectivity index (χ3v) is 4.72. The molecule has 3 atom stereocenters. The standard InChI is InChI=1S/C17H22N2O5/c1-4-23-8-7-19-16(22)18-14-11-9-10(2)5-6-12(11)24-17(19,3)13(14)15(20)21/h5-6,9,13-14H,4,7-8H2,1-3H3,(H,18,22)(H,20,21). The van der Waals surface area contributed by atoms with E-state index in [0.717, 1.165) is 5.56 Å². The van der Waals surface area contributed by atoms with Crippen molar-refractivity contribution in [3.8, 4) is 5.75 Å². The van der Waals surface area contributed by atoms with Crippen LogP contribution in [-0.4, -0.2) is 47.5 Å². The minimum absolute atomic E-state index is 0.258. The average Bonchev–Trinajstić information content (AvgIpc) is 2.50. The molecule has 2 heterocycles. The molecule has 7 heteroatoms. The highest BCUT2D eigenvalue weighted by Crippen LogP contribution is 2.48. The molecule has 7 nitrogen and oxygen atoms in total. The van der Waals surface area contributed by atoms with E-state index in [9.17, 15) is 14.7 Å². The lowest BCUT2D eigenvalue weighted by atomic mass is 9.79. The number of carbonyl (C=O) groups excluding carboxylic acids is 1. The van der Waals surface area contributed by atoms with Gasteiger partial charge in [0, 0.05) is 18.7 Å². The van der Waals surface area contributed by atoms with E-state index in [2.05, 4.69) is 5.32 Å². The summed E-state index contributed by atoms with van der Waals surface area (Å²) in [6.45, 7) is 6.55. The number of hydrogen-bond acceptors (Lipinski definition) is 4. The van der Waals surface area contributed by atoms with Crippen molar-refractivity contribution in [1.82, 2.24) is 10.2 Å². The van der Waals surface area contributed by atoms with Crippen LogP contribution in [0.4, 0.5) is 4.79 Å². The van der Waals surface area contributed by atoms with Crippen LogP contribution in [-0.2, 0) is 9.53 Å². The smallest absolute Gasteiger partial charge is 0.321 e. The largest absolute Gasteiger partial charge is 0.481 e. The molecule has 2 bridgehead atoms. The number of aliphatic carboxylic acids is 1. The normalized spacial score (nSPS) is 28.0. The van der Waals surface area contributed by atoms with Gasteiger partial charge in [0.2, 0.25) is 0 Å². The van der Waals surface area contributed by atoms with Crippen molar-refractivity contribution >= 4 is 12.0 Å². The molecule has 0 aromatic heterocycles. The third-order valence-electron chi connectivity index (χ3n) is 4.72. The number of carbonyl (C=O) groups is 2. The molecule has 0 radical (unpaired) electrons. The van der Waals surface area contributed by atoms with Gasteiger partial charge in [0.1, 0.15) is 11.7 Å². The van der Waals surface area contributed by atoms with E-state index >= 15 is 0 Å². The Kier molecular flexibility index (Phi) is 4.13. The van der Waals surface area contributed by atoms with Crippen molar-refractivity contribution in [2.45, 2.75) is 32.5 Å². The number of carboxylic acids is 1. The molecule has 0 aliphatic carbocycles. The minimum Gasteiger partial charge on any atom is -0.481 e. The first-order valence-corrected chi connectivity index (χ1v) is 8.06. The highest BCUT2D eigenvalue weighted by atomic mass is 16.5. The number of fused-ring (bicyclic) bond motifs is 4. The molecule has 3 rings (SSSR count). The van der Waals surface area contributed by atoms with Crippen molar-refractivity contribution in [2.75, 3.05) is 19.8 Å². The van der Waals surface area contributed by atoms with Gasteiger partial charge < -0.3 is 19.9 Å². The Hall–Kier alpha value is -2.28. The molecule has 0 saturated carbocycles. The third kappa shape index (κ3) is 2.49. The number of nitrogens with one attached hydrogen (secondary N) is 1. The lowest BCUT2D eigenvalue weighted by Gasteiger charge is -2.54. The van der Waals surface area contributed by atoms with Gasteiger partial charge in [0.15, 0.2) is 5.72 Å². The molecular weight excluding hydrogens is 312 g/mol. The van der Waals surface area contributed by atoms with E-state index < -0.39 is 23.7 Å². The minimum atomic E-state index is -1.27. The molecule has 2 amide bonds. The second kappa shape index (κ2) is 5.98. The van der Waals surface area contributed by atoms with Gasteiger partial charge >= 0.3 is 12.0 Å². The van der Waals surface area contributed by atoms with Crippen LogP contribution in [0.25, 0.3) is 0 Å². The molecule has 130 valence electrons. The number of amides is 2. The fraction of sp³-hybridized carbons (Fsp3) is 0.529. The van der Waals surface area contributed by atoms with Gasteiger partial charge in [-0.3, -0.25) is 9.69 Å². The highest BCUT2D eigenvalue weighted by molar-refractivity contribution is 5.83. The Bertz CT molecular complexity index is 677. The Balaban J connectivity index is 2.04. The molecular formula is C17H22N2O5. The summed E-state index contributed by atoms with van der Waals surface area (Å²) in [5, 5.41) is 12.6. The summed E-state index contributed by atoms with van der Waals surface area (Å²) in [4.78, 5) is 25.9. The van der Waals surface area contributed by atoms with Crippen molar-refractivity contribution in [2.24, 2.45) is 5.92 Å². The maximum Gasteiger partial charge on any atom is 0.321 e. The first kappa shape index (κ1) is 16.6. The SMILES string of the molecule is CCOCCN1C(=O)NC2c3cc(C)ccc3OC1(C)C2C(=O)O. The summed E-state index contributed by atoms with van der Waals surface area (Å²) in [7, 11) is 0. The molecule has 2 aliphatic heterocycles. The van der Waals surface area contributed by atoms with E-state index in [-0.39, 0.29) is 12.6 Å². The van der Waals surface area contributed by atoms with E-state index in [0.29, 0.717) is 24.5 Å². The fourth-order valence-electron chi connectivity index (χ4n) is 3.57. The lowest BCUT2D eigenvalue weighted by Crippen LogP contribution is -2.71. The average molecular weight is 334 g/mol. The summed E-state index contributed by atoms with van der Waals surface area (Å²) in [6.07, 6.45) is 0. The number of carboxylic acid groups (broad SMARTS) is 1. The zero-order chi connectivity index (χ0) is 17.5. The summed E-state index contributed by atoms with van der Waals surface area (Å²) in [5.74, 6) is -1.31. The van der Waals surface area contributed by atoms with Crippen LogP contribution in [0, 0.1) is 12.8 Å². The van der Waals surface area contributed by atoms with Gasteiger partial charge in [-0.15, -0.1) is 0 Å². The quantitative estimate of drug-likeness (QED) is 0.803. The number of ether oxygens (including phenoxy) is 2. The summed E-state index contributed by atoms with van der Waals surface area (Å²) in [5.41, 5.74) is 0.425. The Morgan fingerprint density at radius 3 is 2.92 bits per heavy atom. The molecule has 1 saturated heterocycles. The van der Waals surface area contributed by atoms with Gasteiger partial charge in [-0.1, -0.05) is 17.7 Å². The van der Waals surface area contributed by atoms with Gasteiger partial charge in [-0.25, -0.2) is 4.79 Å². The predicted octanol–water partition coefficient (Wildman–Crippen LogP) is 1.91. The molecule has 1 aromatic rings. The maximum absolute atomic E-state index is 12.6. The van der Waals surface area contributed by atoms with Crippen LogP contribution >= 0.6 is 0 Å². The number of urea groups is 1. The van der Waals surface area contributed by atoms with E-state index in [1.165, 1.54) is 4.90 Å². The first-order valence-electron chi connectivity index (χ1n) is 8.06. The predicted molar refractivity (Wildman–Crippen MR) is 85.8 cm³/mol. The van der Waals surface area contributed by atoms with E-state index in [1.807, 2.05) is 32.0 Å². The number of hydrogen-bond donors (Lipinski definition) is 2. The monoisotopic (exact) mass is 334 g/mol. The molecule has 3 unspecified atom stereocenters. The molecule has 1 aromatic carbocycles. The fourth-order valence-corrected chi connectivity index (χ4v) is 3.57. The molecule has 24 heavy (non-hydrogen) atoms. The first-order chi connectivity index (χ1) is 11.4.